The molecule has 0 aliphatic carbocycles. The van der Waals surface area contributed by atoms with Crippen LogP contribution in [-0.4, -0.2) is 37.4 Å². The zero-order valence-electron chi connectivity index (χ0n) is 15.0. The van der Waals surface area contributed by atoms with Crippen LogP contribution in [0, 0.1) is 5.82 Å². The highest BCUT2D eigenvalue weighted by Gasteiger charge is 2.25. The van der Waals surface area contributed by atoms with Gasteiger partial charge in [-0.15, -0.1) is 5.10 Å². The van der Waals surface area contributed by atoms with Crippen molar-refractivity contribution in [2.24, 2.45) is 5.10 Å². The van der Waals surface area contributed by atoms with Gasteiger partial charge in [0.2, 0.25) is 11.6 Å². The normalized spacial score (nSPS) is 11.1. The Morgan fingerprint density at radius 3 is 2.70 bits per heavy atom. The number of aromatic nitrogens is 5. The van der Waals surface area contributed by atoms with Crippen LogP contribution in [-0.2, 0) is 0 Å². The Balaban J connectivity index is 1.69. The van der Waals surface area contributed by atoms with E-state index >= 15 is 0 Å². The maximum atomic E-state index is 13.8. The molecule has 2 aromatic heterocycles. The molecule has 4 rings (SSSR count). The van der Waals surface area contributed by atoms with Crippen LogP contribution in [0.25, 0.3) is 17.1 Å². The maximum absolute atomic E-state index is 13.8. The molecule has 0 saturated heterocycles. The number of hydrazone groups is 1. The number of rotatable bonds is 5. The summed E-state index contributed by atoms with van der Waals surface area (Å²) in [4.78, 5) is 12.7. The largest absolute Gasteiger partial charge is 0.378 e. The van der Waals surface area contributed by atoms with Crippen molar-refractivity contribution in [1.82, 2.24) is 30.7 Å². The van der Waals surface area contributed by atoms with Crippen LogP contribution in [0.15, 0.2) is 58.3 Å². The molecule has 0 saturated carbocycles. The van der Waals surface area contributed by atoms with E-state index in [-0.39, 0.29) is 33.6 Å². The third-order valence-electron chi connectivity index (χ3n) is 3.99. The summed E-state index contributed by atoms with van der Waals surface area (Å²) in [5.74, 6) is -1.23. The second kappa shape index (κ2) is 8.09. The predicted molar refractivity (Wildman–Crippen MR) is 106 cm³/mol. The smallest absolute Gasteiger partial charge is 0.294 e. The number of amides is 1. The van der Waals surface area contributed by atoms with Gasteiger partial charge < -0.3 is 5.73 Å². The van der Waals surface area contributed by atoms with Crippen molar-refractivity contribution in [3.8, 4) is 17.1 Å². The minimum atomic E-state index is -0.696. The molecule has 2 aromatic carbocycles. The molecule has 0 radical (unpaired) electrons. The van der Waals surface area contributed by atoms with Crippen molar-refractivity contribution in [1.29, 1.82) is 0 Å². The Hall–Kier alpha value is -4.12. The summed E-state index contributed by atoms with van der Waals surface area (Å²) in [5.41, 5.74) is 8.89. The fourth-order valence-corrected chi connectivity index (χ4v) is 2.83. The van der Waals surface area contributed by atoms with Crippen LogP contribution in [0.3, 0.4) is 0 Å². The van der Waals surface area contributed by atoms with Gasteiger partial charge in [-0.05, 0) is 22.4 Å². The Morgan fingerprint density at radius 2 is 2.00 bits per heavy atom. The molecule has 1 amide bonds. The number of halogens is 2. The lowest BCUT2D eigenvalue weighted by atomic mass is 10.1. The van der Waals surface area contributed by atoms with Crippen molar-refractivity contribution in [3.05, 3.63) is 70.6 Å². The summed E-state index contributed by atoms with van der Waals surface area (Å²) < 4.78 is 19.7. The lowest BCUT2D eigenvalue weighted by molar-refractivity contribution is 0.0950. The topological polar surface area (TPSA) is 137 Å². The van der Waals surface area contributed by atoms with Gasteiger partial charge in [0.05, 0.1) is 11.2 Å². The fourth-order valence-electron chi connectivity index (χ4n) is 2.62. The number of carbonyl (C=O) groups is 1. The molecule has 3 N–H and O–H groups in total. The number of nitrogen functional groups attached to an aromatic ring is 1. The van der Waals surface area contributed by atoms with Crippen molar-refractivity contribution in [2.75, 3.05) is 5.73 Å². The van der Waals surface area contributed by atoms with E-state index in [0.717, 1.165) is 6.21 Å². The van der Waals surface area contributed by atoms with Gasteiger partial charge in [-0.2, -0.15) is 9.78 Å². The highest BCUT2D eigenvalue weighted by molar-refractivity contribution is 6.33. The summed E-state index contributed by atoms with van der Waals surface area (Å²) in [7, 11) is 0. The number of anilines is 1. The van der Waals surface area contributed by atoms with Gasteiger partial charge in [0, 0.05) is 11.1 Å². The highest BCUT2D eigenvalue weighted by Crippen LogP contribution is 2.26. The first-order valence-corrected chi connectivity index (χ1v) is 8.81. The van der Waals surface area contributed by atoms with E-state index in [9.17, 15) is 9.18 Å². The summed E-state index contributed by atoms with van der Waals surface area (Å²) in [6.45, 7) is 0. The van der Waals surface area contributed by atoms with Gasteiger partial charge in [-0.25, -0.2) is 14.4 Å². The minimum absolute atomic E-state index is 0.0312. The molecule has 0 atom stereocenters. The molecule has 0 unspecified atom stereocenters. The molecule has 0 aliphatic heterocycles. The minimum Gasteiger partial charge on any atom is -0.378 e. The van der Waals surface area contributed by atoms with Crippen LogP contribution in [0.4, 0.5) is 10.2 Å². The monoisotopic (exact) mass is 426 g/mol. The third-order valence-corrected chi connectivity index (χ3v) is 4.32. The second-order valence-electron chi connectivity index (χ2n) is 5.87. The first kappa shape index (κ1) is 19.2. The maximum Gasteiger partial charge on any atom is 0.294 e. The number of hydrogen-bond acceptors (Lipinski definition) is 8. The van der Waals surface area contributed by atoms with E-state index < -0.39 is 11.7 Å². The van der Waals surface area contributed by atoms with Crippen LogP contribution < -0.4 is 11.2 Å². The number of nitrogens with zero attached hydrogens (tertiary/aromatic N) is 6. The van der Waals surface area contributed by atoms with Gasteiger partial charge >= 0.3 is 0 Å². The quantitative estimate of drug-likeness (QED) is 0.369. The molecule has 30 heavy (non-hydrogen) atoms. The first-order chi connectivity index (χ1) is 14.6. The molecule has 0 aliphatic rings. The van der Waals surface area contributed by atoms with Gasteiger partial charge in [-0.3, -0.25) is 4.79 Å². The number of nitrogens with two attached hydrogens (primary N) is 1. The van der Waals surface area contributed by atoms with Gasteiger partial charge in [-0.1, -0.05) is 53.2 Å². The van der Waals surface area contributed by atoms with E-state index in [1.165, 1.54) is 22.9 Å². The van der Waals surface area contributed by atoms with Crippen molar-refractivity contribution in [3.63, 3.8) is 0 Å². The van der Waals surface area contributed by atoms with E-state index in [2.05, 4.69) is 35.8 Å². The summed E-state index contributed by atoms with van der Waals surface area (Å²) >= 11 is 5.94. The Labute approximate surface area is 173 Å². The predicted octanol–water partition coefficient (Wildman–Crippen LogP) is 2.46. The Kier molecular flexibility index (Phi) is 5.18. The van der Waals surface area contributed by atoms with Gasteiger partial charge in [0.15, 0.2) is 5.69 Å². The third kappa shape index (κ3) is 3.61. The number of benzene rings is 2. The van der Waals surface area contributed by atoms with Crippen LogP contribution in [0.2, 0.25) is 5.02 Å². The molecule has 0 bridgehead atoms. The molecule has 4 aromatic rings. The lowest BCUT2D eigenvalue weighted by Gasteiger charge is -2.05. The van der Waals surface area contributed by atoms with Crippen molar-refractivity contribution >= 4 is 29.5 Å². The standard InChI is InChI=1S/C18H12ClFN8O2/c19-12-7-4-8-13(20)11(12)9-22-24-18(29)14-15(10-5-2-1-3-6-10)28(27-23-14)17-16(21)25-30-26-17/h1-9H,(H2,21,25)(H,24,29)/b22-9+. The van der Waals surface area contributed by atoms with E-state index in [1.54, 1.807) is 24.3 Å². The van der Waals surface area contributed by atoms with Gasteiger partial charge in [0.1, 0.15) is 11.5 Å². The van der Waals surface area contributed by atoms with Gasteiger partial charge in [0.25, 0.3) is 5.91 Å². The molecule has 150 valence electrons. The van der Waals surface area contributed by atoms with E-state index in [1.807, 2.05) is 6.07 Å². The molecule has 12 heteroatoms. The Morgan fingerprint density at radius 1 is 1.20 bits per heavy atom. The zero-order valence-corrected chi connectivity index (χ0v) is 15.8. The summed E-state index contributed by atoms with van der Waals surface area (Å²) in [6, 6.07) is 13.0. The number of nitrogens with one attached hydrogen (secondary N) is 1. The zero-order chi connectivity index (χ0) is 21.1. The SMILES string of the molecule is Nc1nonc1-n1nnc(C(=O)N/N=C/c2c(F)cccc2Cl)c1-c1ccccc1. The molecule has 0 fully saturated rings. The van der Waals surface area contributed by atoms with Crippen LogP contribution in [0.5, 0.6) is 0 Å². The van der Waals surface area contributed by atoms with E-state index in [0.29, 0.717) is 5.56 Å². The first-order valence-electron chi connectivity index (χ1n) is 8.43. The fraction of sp³-hybridized carbons (Fsp3) is 0. The second-order valence-corrected chi connectivity index (χ2v) is 6.28. The molecular weight excluding hydrogens is 415 g/mol. The summed E-state index contributed by atoms with van der Waals surface area (Å²) in [5, 5.41) is 19.0. The number of hydrogen-bond donors (Lipinski definition) is 2. The van der Waals surface area contributed by atoms with Crippen molar-refractivity contribution in [2.45, 2.75) is 0 Å². The lowest BCUT2D eigenvalue weighted by Crippen LogP contribution is -2.19. The molecule has 10 nitrogen and oxygen atoms in total. The van der Waals surface area contributed by atoms with Crippen molar-refractivity contribution < 1.29 is 13.8 Å². The van der Waals surface area contributed by atoms with E-state index in [4.69, 9.17) is 17.3 Å². The number of carbonyl (C=O) groups excluding carboxylic acids is 1. The van der Waals surface area contributed by atoms with Crippen LogP contribution >= 0.6 is 11.6 Å². The molecule has 0 spiro atoms. The van der Waals surface area contributed by atoms with Crippen LogP contribution in [0.1, 0.15) is 16.1 Å². The summed E-state index contributed by atoms with van der Waals surface area (Å²) in [6.07, 6.45) is 1.10. The highest BCUT2D eigenvalue weighted by atomic mass is 35.5. The molecule has 2 heterocycles. The average Bonchev–Trinajstić information content (AvgIpc) is 3.36. The Bertz CT molecular complexity index is 1220. The molecular formula is C18H12ClFN8O2. The average molecular weight is 427 g/mol.